The average Bonchev–Trinajstić information content (AvgIpc) is 2.30. The molecule has 0 aliphatic heterocycles. The van der Waals surface area contributed by atoms with E-state index in [2.05, 4.69) is 6.08 Å². The van der Waals surface area contributed by atoms with Crippen LogP contribution < -0.4 is 5.73 Å². The van der Waals surface area contributed by atoms with Crippen molar-refractivity contribution in [1.82, 2.24) is 0 Å². The van der Waals surface area contributed by atoms with Crippen molar-refractivity contribution in [3.8, 4) is 0 Å². The SMILES string of the molecule is N[C@@H]1CCC=C(c2ccc(Cl)cc2)C1CO. The number of rotatable bonds is 2. The number of aliphatic hydroxyl groups is 1. The molecule has 2 nitrogen and oxygen atoms in total. The Morgan fingerprint density at radius 1 is 1.31 bits per heavy atom. The predicted molar refractivity (Wildman–Crippen MR) is 67.2 cm³/mol. The van der Waals surface area contributed by atoms with Gasteiger partial charge < -0.3 is 10.8 Å². The molecule has 0 fully saturated rings. The minimum Gasteiger partial charge on any atom is -0.396 e. The monoisotopic (exact) mass is 237 g/mol. The molecule has 3 heteroatoms. The van der Waals surface area contributed by atoms with Gasteiger partial charge in [0.25, 0.3) is 0 Å². The van der Waals surface area contributed by atoms with Crippen molar-refractivity contribution in [1.29, 1.82) is 0 Å². The van der Waals surface area contributed by atoms with E-state index in [1.807, 2.05) is 24.3 Å². The minimum absolute atomic E-state index is 0.0509. The van der Waals surface area contributed by atoms with Crippen LogP contribution in [0, 0.1) is 5.92 Å². The third-order valence-corrected chi connectivity index (χ3v) is 3.41. The first-order valence-corrected chi connectivity index (χ1v) is 5.92. The van der Waals surface area contributed by atoms with Gasteiger partial charge in [-0.3, -0.25) is 0 Å². The Bertz CT molecular complexity index is 385. The van der Waals surface area contributed by atoms with Crippen molar-refractivity contribution in [2.75, 3.05) is 6.61 Å². The maximum atomic E-state index is 9.40. The second-order valence-electron chi connectivity index (χ2n) is 4.20. The Labute approximate surface area is 101 Å². The number of nitrogens with two attached hydrogens (primary N) is 1. The molecule has 0 saturated carbocycles. The summed E-state index contributed by atoms with van der Waals surface area (Å²) >= 11 is 5.86. The molecule has 3 N–H and O–H groups in total. The Hall–Kier alpha value is -0.830. The molecule has 0 heterocycles. The molecule has 86 valence electrons. The van der Waals surface area contributed by atoms with Crippen LogP contribution in [0.1, 0.15) is 18.4 Å². The van der Waals surface area contributed by atoms with Gasteiger partial charge in [-0.1, -0.05) is 29.8 Å². The lowest BCUT2D eigenvalue weighted by Gasteiger charge is -2.29. The summed E-state index contributed by atoms with van der Waals surface area (Å²) in [4.78, 5) is 0. The van der Waals surface area contributed by atoms with Crippen LogP contribution in [0.2, 0.25) is 5.02 Å². The van der Waals surface area contributed by atoms with Gasteiger partial charge in [-0.2, -0.15) is 0 Å². The predicted octanol–water partition coefficient (Wildman–Crippen LogP) is 2.45. The third kappa shape index (κ3) is 2.29. The topological polar surface area (TPSA) is 46.2 Å². The van der Waals surface area contributed by atoms with Gasteiger partial charge in [0, 0.05) is 17.0 Å². The standard InChI is InChI=1S/C13H16ClNO/c14-10-6-4-9(5-7-10)11-2-1-3-13(15)12(11)8-16/h2,4-7,12-13,16H,1,3,8,15H2/t12?,13-/m1/s1. The van der Waals surface area contributed by atoms with Crippen LogP contribution in [0.3, 0.4) is 0 Å². The van der Waals surface area contributed by atoms with Crippen LogP contribution in [0.15, 0.2) is 30.3 Å². The molecule has 0 spiro atoms. The fraction of sp³-hybridized carbons (Fsp3) is 0.385. The van der Waals surface area contributed by atoms with Crippen molar-refractivity contribution < 1.29 is 5.11 Å². The third-order valence-electron chi connectivity index (χ3n) is 3.15. The molecule has 0 radical (unpaired) electrons. The Morgan fingerprint density at radius 3 is 2.62 bits per heavy atom. The summed E-state index contributed by atoms with van der Waals surface area (Å²) < 4.78 is 0. The summed E-state index contributed by atoms with van der Waals surface area (Å²) in [6.07, 6.45) is 4.10. The second kappa shape index (κ2) is 5.00. The van der Waals surface area contributed by atoms with Gasteiger partial charge >= 0.3 is 0 Å². The van der Waals surface area contributed by atoms with Crippen LogP contribution >= 0.6 is 11.6 Å². The molecule has 1 aromatic carbocycles. The van der Waals surface area contributed by atoms with Gasteiger partial charge in [-0.25, -0.2) is 0 Å². The van der Waals surface area contributed by atoms with Gasteiger partial charge in [-0.15, -0.1) is 0 Å². The summed E-state index contributed by atoms with van der Waals surface area (Å²) in [6, 6.07) is 7.75. The van der Waals surface area contributed by atoms with E-state index in [1.165, 1.54) is 0 Å². The van der Waals surface area contributed by atoms with E-state index in [0.717, 1.165) is 29.0 Å². The number of hydrogen-bond donors (Lipinski definition) is 2. The molecule has 16 heavy (non-hydrogen) atoms. The molecular formula is C13H16ClNO. The average molecular weight is 238 g/mol. The fourth-order valence-electron chi connectivity index (χ4n) is 2.22. The number of aliphatic hydroxyl groups excluding tert-OH is 1. The smallest absolute Gasteiger partial charge is 0.0514 e. The summed E-state index contributed by atoms with van der Waals surface area (Å²) in [6.45, 7) is 0.107. The Morgan fingerprint density at radius 2 is 2.00 bits per heavy atom. The van der Waals surface area contributed by atoms with Crippen molar-refractivity contribution in [3.63, 3.8) is 0 Å². The Balaban J connectivity index is 2.31. The molecular weight excluding hydrogens is 222 g/mol. The van der Waals surface area contributed by atoms with E-state index in [-0.39, 0.29) is 18.6 Å². The minimum atomic E-state index is 0.0509. The summed E-state index contributed by atoms with van der Waals surface area (Å²) in [5, 5.41) is 10.1. The van der Waals surface area contributed by atoms with Crippen LogP contribution in [0.4, 0.5) is 0 Å². The number of hydrogen-bond acceptors (Lipinski definition) is 2. The highest BCUT2D eigenvalue weighted by Gasteiger charge is 2.25. The van der Waals surface area contributed by atoms with Crippen molar-refractivity contribution >= 4 is 17.2 Å². The molecule has 1 aliphatic rings. The van der Waals surface area contributed by atoms with Gasteiger partial charge in [0.05, 0.1) is 6.61 Å². The first kappa shape index (κ1) is 11.6. The second-order valence-corrected chi connectivity index (χ2v) is 4.63. The number of halogens is 1. The first-order valence-electron chi connectivity index (χ1n) is 5.55. The van der Waals surface area contributed by atoms with E-state index in [0.29, 0.717) is 0 Å². The van der Waals surface area contributed by atoms with E-state index in [1.54, 1.807) is 0 Å². The molecule has 1 aliphatic carbocycles. The van der Waals surface area contributed by atoms with Gasteiger partial charge in [0.15, 0.2) is 0 Å². The van der Waals surface area contributed by atoms with Gasteiger partial charge in [0.2, 0.25) is 0 Å². The maximum absolute atomic E-state index is 9.40. The maximum Gasteiger partial charge on any atom is 0.0514 e. The highest BCUT2D eigenvalue weighted by molar-refractivity contribution is 6.30. The van der Waals surface area contributed by atoms with Crippen LogP contribution in [0.5, 0.6) is 0 Å². The number of allylic oxidation sites excluding steroid dienone is 1. The summed E-state index contributed by atoms with van der Waals surface area (Å²) in [5.74, 6) is 0.0509. The van der Waals surface area contributed by atoms with Crippen molar-refractivity contribution in [3.05, 3.63) is 40.9 Å². The van der Waals surface area contributed by atoms with Gasteiger partial charge in [0.1, 0.15) is 0 Å². The molecule has 0 aromatic heterocycles. The first-order chi connectivity index (χ1) is 7.72. The van der Waals surface area contributed by atoms with Gasteiger partial charge in [-0.05, 0) is 36.1 Å². The van der Waals surface area contributed by atoms with Crippen LogP contribution in [-0.2, 0) is 0 Å². The van der Waals surface area contributed by atoms with Crippen LogP contribution in [0.25, 0.3) is 5.57 Å². The zero-order valence-corrected chi connectivity index (χ0v) is 9.82. The Kier molecular flexibility index (Phi) is 3.64. The molecule has 0 amide bonds. The molecule has 1 unspecified atom stereocenters. The number of benzene rings is 1. The van der Waals surface area contributed by atoms with Crippen LogP contribution in [-0.4, -0.2) is 17.8 Å². The molecule has 2 atom stereocenters. The molecule has 0 bridgehead atoms. The van der Waals surface area contributed by atoms with E-state index in [4.69, 9.17) is 17.3 Å². The lowest BCUT2D eigenvalue weighted by molar-refractivity contribution is 0.232. The zero-order chi connectivity index (χ0) is 11.5. The normalized spacial score (nSPS) is 25.3. The summed E-state index contributed by atoms with van der Waals surface area (Å²) in [5.41, 5.74) is 8.28. The van der Waals surface area contributed by atoms with E-state index < -0.39 is 0 Å². The van der Waals surface area contributed by atoms with E-state index in [9.17, 15) is 5.11 Å². The highest BCUT2D eigenvalue weighted by Crippen LogP contribution is 2.32. The molecule has 1 aromatic rings. The highest BCUT2D eigenvalue weighted by atomic mass is 35.5. The molecule has 2 rings (SSSR count). The zero-order valence-electron chi connectivity index (χ0n) is 9.07. The lowest BCUT2D eigenvalue weighted by Crippen LogP contribution is -2.35. The van der Waals surface area contributed by atoms with E-state index >= 15 is 0 Å². The fourth-order valence-corrected chi connectivity index (χ4v) is 2.35. The quantitative estimate of drug-likeness (QED) is 0.830. The van der Waals surface area contributed by atoms with Crippen molar-refractivity contribution in [2.45, 2.75) is 18.9 Å². The molecule has 0 saturated heterocycles. The van der Waals surface area contributed by atoms with Crippen molar-refractivity contribution in [2.24, 2.45) is 11.7 Å². The largest absolute Gasteiger partial charge is 0.396 e. The summed E-state index contributed by atoms with van der Waals surface area (Å²) in [7, 11) is 0. The lowest BCUT2D eigenvalue weighted by atomic mass is 9.81.